The molecule has 1 unspecified atom stereocenters. The molecular weight excluding hydrogens is 278 g/mol. The number of hydrogen-bond acceptors (Lipinski definition) is 1. The monoisotopic (exact) mass is 291 g/mol. The quantitative estimate of drug-likeness (QED) is 0.865. The Morgan fingerprint density at radius 3 is 2.71 bits per heavy atom. The van der Waals surface area contributed by atoms with Gasteiger partial charge in [-0.1, -0.05) is 58.4 Å². The van der Waals surface area contributed by atoms with E-state index in [0.717, 1.165) is 5.56 Å². The van der Waals surface area contributed by atoms with Crippen molar-refractivity contribution in [3.05, 3.63) is 48.0 Å². The van der Waals surface area contributed by atoms with Crippen LogP contribution in [-0.2, 0) is 11.3 Å². The predicted octanol–water partition coefficient (Wildman–Crippen LogP) is 3.24. The summed E-state index contributed by atoms with van der Waals surface area (Å²) in [5, 5.41) is 5.30. The van der Waals surface area contributed by atoms with Gasteiger partial charge in [0.1, 0.15) is 0 Å². The van der Waals surface area contributed by atoms with Crippen molar-refractivity contribution in [1.29, 1.82) is 0 Å². The van der Waals surface area contributed by atoms with Gasteiger partial charge in [0.05, 0.1) is 4.83 Å². The lowest BCUT2D eigenvalue weighted by Gasteiger charge is -2.09. The Morgan fingerprint density at radius 2 is 1.94 bits per heavy atom. The number of alkyl halides is 1. The Balaban J connectivity index is 2.21. The van der Waals surface area contributed by atoms with E-state index >= 15 is 0 Å². The topological polar surface area (TPSA) is 29.1 Å². The smallest absolute Gasteiger partial charge is 0.233 e. The van der Waals surface area contributed by atoms with Crippen LogP contribution in [0.15, 0.2) is 42.5 Å². The molecule has 1 N–H and O–H groups in total. The third kappa shape index (κ3) is 2.86. The van der Waals surface area contributed by atoms with Gasteiger partial charge >= 0.3 is 0 Å². The molecule has 88 valence electrons. The van der Waals surface area contributed by atoms with Gasteiger partial charge in [-0.25, -0.2) is 0 Å². The zero-order valence-electron chi connectivity index (χ0n) is 9.61. The first-order chi connectivity index (χ1) is 8.18. The van der Waals surface area contributed by atoms with Gasteiger partial charge in [0.2, 0.25) is 5.91 Å². The van der Waals surface area contributed by atoms with Gasteiger partial charge in [0.15, 0.2) is 0 Å². The standard InChI is InChI=1S/C14H14BrNO/c1-10(15)14(17)16-9-12-7-4-6-11-5-2-3-8-13(11)12/h2-8,10H,9H2,1H3,(H,16,17). The second-order valence-corrected chi connectivity index (χ2v) is 5.35. The lowest BCUT2D eigenvalue weighted by atomic mass is 10.0. The molecule has 2 aromatic rings. The molecule has 0 heterocycles. The van der Waals surface area contributed by atoms with Gasteiger partial charge in [0, 0.05) is 6.54 Å². The second-order valence-electron chi connectivity index (χ2n) is 3.97. The number of benzene rings is 2. The Morgan fingerprint density at radius 1 is 1.24 bits per heavy atom. The number of carbonyl (C=O) groups is 1. The van der Waals surface area contributed by atoms with Gasteiger partial charge < -0.3 is 5.32 Å². The zero-order chi connectivity index (χ0) is 12.3. The Hall–Kier alpha value is -1.35. The molecule has 17 heavy (non-hydrogen) atoms. The van der Waals surface area contributed by atoms with E-state index in [9.17, 15) is 4.79 Å². The SMILES string of the molecule is CC(Br)C(=O)NCc1cccc2ccccc12. The minimum atomic E-state index is -0.155. The molecule has 0 aliphatic carbocycles. The summed E-state index contributed by atoms with van der Waals surface area (Å²) in [5.74, 6) is 0.0120. The first-order valence-corrected chi connectivity index (χ1v) is 6.48. The van der Waals surface area contributed by atoms with E-state index in [1.165, 1.54) is 10.8 Å². The van der Waals surface area contributed by atoms with Gasteiger partial charge in [-0.05, 0) is 23.3 Å². The number of fused-ring (bicyclic) bond motifs is 1. The first-order valence-electron chi connectivity index (χ1n) is 5.57. The predicted molar refractivity (Wildman–Crippen MR) is 74.2 cm³/mol. The second kappa shape index (κ2) is 5.32. The summed E-state index contributed by atoms with van der Waals surface area (Å²) in [6, 6.07) is 14.3. The minimum Gasteiger partial charge on any atom is -0.351 e. The van der Waals surface area contributed by atoms with Crippen LogP contribution in [0.2, 0.25) is 0 Å². The summed E-state index contributed by atoms with van der Waals surface area (Å²) in [6.45, 7) is 2.38. The molecule has 0 radical (unpaired) electrons. The molecule has 2 aromatic carbocycles. The van der Waals surface area contributed by atoms with Crippen molar-refractivity contribution in [1.82, 2.24) is 5.32 Å². The molecule has 0 saturated heterocycles. The summed E-state index contributed by atoms with van der Waals surface area (Å²) >= 11 is 3.25. The number of halogens is 1. The van der Waals surface area contributed by atoms with Crippen LogP contribution < -0.4 is 5.32 Å². The first kappa shape index (κ1) is 12.1. The maximum Gasteiger partial charge on any atom is 0.233 e. The van der Waals surface area contributed by atoms with E-state index in [4.69, 9.17) is 0 Å². The van der Waals surface area contributed by atoms with Crippen LogP contribution in [-0.4, -0.2) is 10.7 Å². The van der Waals surface area contributed by atoms with Crippen LogP contribution >= 0.6 is 15.9 Å². The maximum atomic E-state index is 11.5. The fourth-order valence-corrected chi connectivity index (χ4v) is 1.93. The number of carbonyl (C=O) groups excluding carboxylic acids is 1. The normalized spacial score (nSPS) is 12.4. The van der Waals surface area contributed by atoms with E-state index in [-0.39, 0.29) is 10.7 Å². The third-order valence-electron chi connectivity index (χ3n) is 2.69. The highest BCUT2D eigenvalue weighted by atomic mass is 79.9. The van der Waals surface area contributed by atoms with Gasteiger partial charge in [-0.15, -0.1) is 0 Å². The van der Waals surface area contributed by atoms with Crippen LogP contribution in [0.3, 0.4) is 0 Å². The van der Waals surface area contributed by atoms with E-state index in [1.807, 2.05) is 31.2 Å². The molecule has 0 bridgehead atoms. The van der Waals surface area contributed by atoms with Gasteiger partial charge in [-0.3, -0.25) is 4.79 Å². The average molecular weight is 292 g/mol. The van der Waals surface area contributed by atoms with Crippen molar-refractivity contribution in [2.45, 2.75) is 18.3 Å². The molecule has 0 saturated carbocycles. The van der Waals surface area contributed by atoms with Gasteiger partial charge in [-0.2, -0.15) is 0 Å². The van der Waals surface area contributed by atoms with Crippen molar-refractivity contribution >= 4 is 32.6 Å². The van der Waals surface area contributed by atoms with Crippen molar-refractivity contribution in [2.24, 2.45) is 0 Å². The maximum absolute atomic E-state index is 11.5. The van der Waals surface area contributed by atoms with Crippen LogP contribution in [0.25, 0.3) is 10.8 Å². The Labute approximate surface area is 109 Å². The highest BCUT2D eigenvalue weighted by molar-refractivity contribution is 9.10. The Kier molecular flexibility index (Phi) is 3.79. The van der Waals surface area contributed by atoms with Crippen molar-refractivity contribution < 1.29 is 4.79 Å². The van der Waals surface area contributed by atoms with Crippen LogP contribution in [0, 0.1) is 0 Å². The average Bonchev–Trinajstić information content (AvgIpc) is 2.35. The fraction of sp³-hybridized carbons (Fsp3) is 0.214. The summed E-state index contributed by atoms with van der Waals surface area (Å²) in [7, 11) is 0. The lowest BCUT2D eigenvalue weighted by molar-refractivity contribution is -0.120. The van der Waals surface area contributed by atoms with Crippen molar-refractivity contribution in [2.75, 3.05) is 0 Å². The lowest BCUT2D eigenvalue weighted by Crippen LogP contribution is -2.28. The number of rotatable bonds is 3. The molecule has 0 spiro atoms. The van der Waals surface area contributed by atoms with Crippen LogP contribution in [0.1, 0.15) is 12.5 Å². The zero-order valence-corrected chi connectivity index (χ0v) is 11.2. The molecule has 1 amide bonds. The number of nitrogens with one attached hydrogen (secondary N) is 1. The van der Waals surface area contributed by atoms with Crippen molar-refractivity contribution in [3.63, 3.8) is 0 Å². The van der Waals surface area contributed by atoms with Gasteiger partial charge in [0.25, 0.3) is 0 Å². The summed E-state index contributed by atoms with van der Waals surface area (Å²) in [5.41, 5.74) is 1.14. The van der Waals surface area contributed by atoms with Crippen molar-refractivity contribution in [3.8, 4) is 0 Å². The molecule has 0 fully saturated rings. The molecule has 2 rings (SSSR count). The highest BCUT2D eigenvalue weighted by Crippen LogP contribution is 2.18. The number of amides is 1. The molecule has 0 aromatic heterocycles. The molecule has 0 aliphatic heterocycles. The van der Waals surface area contributed by atoms with E-state index in [2.05, 4.69) is 39.4 Å². The summed E-state index contributed by atoms with van der Waals surface area (Å²) < 4.78 is 0. The van der Waals surface area contributed by atoms with Crippen LogP contribution in [0.4, 0.5) is 0 Å². The highest BCUT2D eigenvalue weighted by Gasteiger charge is 2.08. The number of hydrogen-bond donors (Lipinski definition) is 1. The van der Waals surface area contributed by atoms with E-state index in [1.54, 1.807) is 0 Å². The third-order valence-corrected chi connectivity index (χ3v) is 3.11. The molecule has 3 heteroatoms. The van der Waals surface area contributed by atoms with E-state index in [0.29, 0.717) is 6.54 Å². The molecule has 1 atom stereocenters. The fourth-order valence-electron chi connectivity index (χ4n) is 1.77. The molecular formula is C14H14BrNO. The van der Waals surface area contributed by atoms with Crippen LogP contribution in [0.5, 0.6) is 0 Å². The molecule has 2 nitrogen and oxygen atoms in total. The largest absolute Gasteiger partial charge is 0.351 e. The minimum absolute atomic E-state index is 0.0120. The molecule has 0 aliphatic rings. The van der Waals surface area contributed by atoms with E-state index < -0.39 is 0 Å². The Bertz CT molecular complexity index is 531. The summed E-state index contributed by atoms with van der Waals surface area (Å²) in [4.78, 5) is 11.3. The summed E-state index contributed by atoms with van der Waals surface area (Å²) in [6.07, 6.45) is 0.